The van der Waals surface area contributed by atoms with Crippen LogP contribution in [0.15, 0.2) is 0 Å². The van der Waals surface area contributed by atoms with Crippen LogP contribution in [0.2, 0.25) is 0 Å². The number of ether oxygens (including phenoxy) is 3. The molecule has 0 aliphatic carbocycles. The molecular weight excluding hydrogens is 196 g/mol. The van der Waals surface area contributed by atoms with Crippen molar-refractivity contribution in [2.45, 2.75) is 25.4 Å². The Morgan fingerprint density at radius 3 is 1.75 bits per heavy atom. The van der Waals surface area contributed by atoms with Gasteiger partial charge in [0.15, 0.2) is 0 Å². The molecule has 0 rings (SSSR count). The van der Waals surface area contributed by atoms with E-state index in [9.17, 15) is 5.11 Å². The summed E-state index contributed by atoms with van der Waals surface area (Å²) in [6.45, 7) is 1.87. The number of rotatable bonds is 5. The van der Waals surface area contributed by atoms with E-state index in [2.05, 4.69) is 0 Å². The van der Waals surface area contributed by atoms with Crippen LogP contribution in [0, 0.1) is 0 Å². The van der Waals surface area contributed by atoms with Gasteiger partial charge in [0, 0.05) is 43.0 Å². The van der Waals surface area contributed by atoms with Gasteiger partial charge in [-0.2, -0.15) is 0 Å². The zero-order chi connectivity index (χ0) is 8.91. The van der Waals surface area contributed by atoms with Crippen molar-refractivity contribution in [1.29, 1.82) is 0 Å². The monoisotopic (exact) mass is 212 g/mol. The molecule has 1 atom stereocenters. The second-order valence-corrected chi connectivity index (χ2v) is 2.17. The van der Waals surface area contributed by atoms with Gasteiger partial charge in [0.05, 0.1) is 0 Å². The first-order chi connectivity index (χ1) is 5.14. The first-order valence-electron chi connectivity index (χ1n) is 3.50. The van der Waals surface area contributed by atoms with Crippen LogP contribution in [-0.2, 0) is 35.9 Å². The first kappa shape index (κ1) is 15.0. The number of methoxy groups -OCH3 is 3. The molecule has 0 fully saturated rings. The van der Waals surface area contributed by atoms with E-state index in [-0.39, 0.29) is 21.7 Å². The molecule has 0 spiro atoms. The maximum Gasteiger partial charge on any atom is 0.307 e. The predicted octanol–water partition coefficient (Wildman–Crippen LogP) is 0.348. The van der Waals surface area contributed by atoms with Gasteiger partial charge < -0.3 is 19.3 Å². The van der Waals surface area contributed by atoms with Crippen molar-refractivity contribution in [2.24, 2.45) is 0 Å². The average Bonchev–Trinajstić information content (AvgIpc) is 2.06. The van der Waals surface area contributed by atoms with E-state index < -0.39 is 12.1 Å². The van der Waals surface area contributed by atoms with Crippen molar-refractivity contribution in [3.8, 4) is 0 Å². The third kappa shape index (κ3) is 3.52. The van der Waals surface area contributed by atoms with Gasteiger partial charge in [0.25, 0.3) is 0 Å². The third-order valence-corrected chi connectivity index (χ3v) is 1.65. The molecule has 0 aromatic heterocycles. The topological polar surface area (TPSA) is 47.9 Å². The SMILES string of the molecule is CCC(OC)C(O)(OC)OC.[Ti]. The molecule has 0 radical (unpaired) electrons. The molecule has 0 aliphatic heterocycles. The van der Waals surface area contributed by atoms with Crippen molar-refractivity contribution in [1.82, 2.24) is 0 Å². The Hall–Kier alpha value is 0.554. The summed E-state index contributed by atoms with van der Waals surface area (Å²) in [5, 5.41) is 9.52. The molecule has 12 heavy (non-hydrogen) atoms. The summed E-state index contributed by atoms with van der Waals surface area (Å²) in [5.74, 6) is -1.62. The normalized spacial score (nSPS) is 13.8. The van der Waals surface area contributed by atoms with Gasteiger partial charge in [0.2, 0.25) is 0 Å². The summed E-state index contributed by atoms with van der Waals surface area (Å²) in [5.41, 5.74) is 0. The van der Waals surface area contributed by atoms with Gasteiger partial charge in [-0.3, -0.25) is 0 Å². The maximum absolute atomic E-state index is 9.52. The van der Waals surface area contributed by atoms with Crippen LogP contribution in [0.1, 0.15) is 13.3 Å². The molecule has 72 valence electrons. The van der Waals surface area contributed by atoms with Crippen LogP contribution < -0.4 is 0 Å². The van der Waals surface area contributed by atoms with Gasteiger partial charge in [-0.05, 0) is 6.42 Å². The standard InChI is InChI=1S/C7H16O4.Ti/c1-5-6(9-2)7(8,10-3)11-4;/h6,8H,5H2,1-4H3;. The van der Waals surface area contributed by atoms with Crippen molar-refractivity contribution >= 4 is 0 Å². The van der Waals surface area contributed by atoms with Crippen molar-refractivity contribution in [3.05, 3.63) is 0 Å². The second kappa shape index (κ2) is 7.01. The molecule has 0 bridgehead atoms. The van der Waals surface area contributed by atoms with Crippen LogP contribution in [0.4, 0.5) is 0 Å². The van der Waals surface area contributed by atoms with Crippen LogP contribution in [0.3, 0.4) is 0 Å². The van der Waals surface area contributed by atoms with E-state index in [1.807, 2.05) is 6.92 Å². The zero-order valence-corrected chi connectivity index (χ0v) is 9.52. The summed E-state index contributed by atoms with van der Waals surface area (Å²) in [7, 11) is 4.23. The van der Waals surface area contributed by atoms with E-state index in [1.165, 1.54) is 21.3 Å². The smallest absolute Gasteiger partial charge is 0.307 e. The summed E-state index contributed by atoms with van der Waals surface area (Å²) >= 11 is 0. The quantitative estimate of drug-likeness (QED) is 0.527. The van der Waals surface area contributed by atoms with Gasteiger partial charge >= 0.3 is 5.97 Å². The van der Waals surface area contributed by atoms with E-state index in [4.69, 9.17) is 14.2 Å². The zero-order valence-electron chi connectivity index (χ0n) is 7.96. The summed E-state index contributed by atoms with van der Waals surface area (Å²) in [6, 6.07) is 0. The Kier molecular flexibility index (Phi) is 8.78. The number of hydrogen-bond acceptors (Lipinski definition) is 4. The Bertz CT molecular complexity index is 102. The molecule has 5 heteroatoms. The Morgan fingerprint density at radius 2 is 1.67 bits per heavy atom. The molecule has 4 nitrogen and oxygen atoms in total. The maximum atomic E-state index is 9.52. The predicted molar refractivity (Wildman–Crippen MR) is 40.1 cm³/mol. The third-order valence-electron chi connectivity index (χ3n) is 1.65. The van der Waals surface area contributed by atoms with Crippen LogP contribution >= 0.6 is 0 Å². The largest absolute Gasteiger partial charge is 0.373 e. The summed E-state index contributed by atoms with van der Waals surface area (Å²) < 4.78 is 14.4. The van der Waals surface area contributed by atoms with Gasteiger partial charge in [-0.25, -0.2) is 0 Å². The number of hydrogen-bond donors (Lipinski definition) is 1. The van der Waals surface area contributed by atoms with Crippen molar-refractivity contribution < 1.29 is 41.0 Å². The van der Waals surface area contributed by atoms with E-state index in [1.54, 1.807) is 0 Å². The van der Waals surface area contributed by atoms with Crippen molar-refractivity contribution in [3.63, 3.8) is 0 Å². The molecule has 0 heterocycles. The van der Waals surface area contributed by atoms with Gasteiger partial charge in [-0.1, -0.05) is 6.92 Å². The molecular formula is C7H16O4Ti. The van der Waals surface area contributed by atoms with Crippen LogP contribution in [0.5, 0.6) is 0 Å². The van der Waals surface area contributed by atoms with E-state index in [0.717, 1.165) is 0 Å². The fourth-order valence-electron chi connectivity index (χ4n) is 0.920. The van der Waals surface area contributed by atoms with Gasteiger partial charge in [0.1, 0.15) is 6.10 Å². The fourth-order valence-corrected chi connectivity index (χ4v) is 0.920. The van der Waals surface area contributed by atoms with Gasteiger partial charge in [-0.15, -0.1) is 0 Å². The molecule has 0 amide bonds. The molecule has 0 aromatic carbocycles. The molecule has 0 aromatic rings. The minimum absolute atomic E-state index is 0. The first-order valence-corrected chi connectivity index (χ1v) is 3.50. The molecule has 0 aliphatic rings. The average molecular weight is 212 g/mol. The Labute approximate surface area is 88.1 Å². The minimum Gasteiger partial charge on any atom is -0.373 e. The molecule has 0 saturated heterocycles. The fraction of sp³-hybridized carbons (Fsp3) is 1.00. The van der Waals surface area contributed by atoms with E-state index >= 15 is 0 Å². The summed E-state index contributed by atoms with van der Waals surface area (Å²) in [6.07, 6.45) is 0.159. The Morgan fingerprint density at radius 1 is 1.25 bits per heavy atom. The molecule has 1 unspecified atom stereocenters. The summed E-state index contributed by atoms with van der Waals surface area (Å²) in [4.78, 5) is 0. The molecule has 0 saturated carbocycles. The van der Waals surface area contributed by atoms with Crippen LogP contribution in [0.25, 0.3) is 0 Å². The van der Waals surface area contributed by atoms with Crippen molar-refractivity contribution in [2.75, 3.05) is 21.3 Å². The second-order valence-electron chi connectivity index (χ2n) is 2.17. The number of aliphatic hydroxyl groups is 1. The Balaban J connectivity index is 0. The molecule has 1 N–H and O–H groups in total. The van der Waals surface area contributed by atoms with E-state index in [0.29, 0.717) is 6.42 Å². The van der Waals surface area contributed by atoms with Crippen LogP contribution in [-0.4, -0.2) is 38.5 Å². The minimum atomic E-state index is -1.62.